The first-order chi connectivity index (χ1) is 14.0. The summed E-state index contributed by atoms with van der Waals surface area (Å²) in [5, 5.41) is 0. The Balaban J connectivity index is 0.000000311. The Hall–Kier alpha value is -2.20. The molecule has 31 heavy (non-hydrogen) atoms. The van der Waals surface area contributed by atoms with Gasteiger partial charge in [0.25, 0.3) is 0 Å². The molecule has 0 unspecified atom stereocenters. The highest BCUT2D eigenvalue weighted by atomic mass is 32.3. The number of aryl methyl sites for hydroxylation is 2. The van der Waals surface area contributed by atoms with Gasteiger partial charge < -0.3 is 4.13 Å². The van der Waals surface area contributed by atoms with E-state index in [1.54, 1.807) is 0 Å². The van der Waals surface area contributed by atoms with E-state index in [9.17, 15) is 43.2 Å². The van der Waals surface area contributed by atoms with Crippen LogP contribution < -0.4 is 4.57 Å². The van der Waals surface area contributed by atoms with Crippen molar-refractivity contribution in [1.29, 1.82) is 0 Å². The maximum atomic E-state index is 11.4. The number of imidazole rings is 1. The number of alkyl halides is 6. The standard InChI is InChI=1S/C13H18N3.C2F6NO4S2/c1-3-4-9-16-11-10-15(2)13(16)12-7-5-6-8-14-12;3-1(4,5)14(10,11)9-15(12,13)2(6,7)8/h5-8,10-11H,3-4,9H2,1-2H3;/q+1;-1. The molecule has 0 N–H and O–H groups in total. The van der Waals surface area contributed by atoms with E-state index in [0.29, 0.717) is 0 Å². The van der Waals surface area contributed by atoms with Crippen molar-refractivity contribution < 1.29 is 47.7 Å². The largest absolute Gasteiger partial charge is 0.480 e. The van der Waals surface area contributed by atoms with Crippen LogP contribution >= 0.6 is 0 Å². The Morgan fingerprint density at radius 1 is 1.03 bits per heavy atom. The molecule has 16 heteroatoms. The molecular formula is C15H18F6N4O4S2. The predicted molar refractivity (Wildman–Crippen MR) is 97.1 cm³/mol. The van der Waals surface area contributed by atoms with E-state index in [2.05, 4.69) is 46.5 Å². The minimum atomic E-state index is -6.72. The second-order valence-electron chi connectivity index (χ2n) is 5.91. The van der Waals surface area contributed by atoms with Gasteiger partial charge in [-0.1, -0.05) is 19.4 Å². The summed E-state index contributed by atoms with van der Waals surface area (Å²) < 4.78 is 114. The van der Waals surface area contributed by atoms with Crippen molar-refractivity contribution in [3.63, 3.8) is 0 Å². The molecule has 0 saturated heterocycles. The molecule has 2 rings (SSSR count). The molecule has 0 aromatic carbocycles. The zero-order chi connectivity index (χ0) is 24.1. The van der Waals surface area contributed by atoms with Crippen LogP contribution in [0.25, 0.3) is 15.6 Å². The molecule has 0 aliphatic rings. The number of nitrogens with zero attached hydrogens (tertiary/aromatic N) is 4. The predicted octanol–water partition coefficient (Wildman–Crippen LogP) is 3.23. The molecule has 2 heterocycles. The topological polar surface area (TPSA) is 104 Å². The average molecular weight is 496 g/mol. The number of halogens is 6. The van der Waals surface area contributed by atoms with Crippen molar-refractivity contribution in [3.05, 3.63) is 40.9 Å². The maximum absolute atomic E-state index is 11.4. The zero-order valence-electron chi connectivity index (χ0n) is 16.1. The molecule has 0 saturated carbocycles. The Kier molecular flexibility index (Phi) is 8.61. The molecule has 176 valence electrons. The highest BCUT2D eigenvalue weighted by molar-refractivity contribution is 8.13. The second kappa shape index (κ2) is 9.95. The minimum absolute atomic E-state index is 0.778. The number of aromatic nitrogens is 3. The number of sulfonamides is 2. The number of rotatable bonds is 6. The van der Waals surface area contributed by atoms with Crippen molar-refractivity contribution >= 4 is 20.0 Å². The summed E-state index contributed by atoms with van der Waals surface area (Å²) in [6.45, 7) is 3.27. The molecule has 2 aromatic rings. The Morgan fingerprint density at radius 3 is 2.00 bits per heavy atom. The van der Waals surface area contributed by atoms with Crippen LogP contribution in [0, 0.1) is 0 Å². The van der Waals surface area contributed by atoms with E-state index in [0.717, 1.165) is 16.4 Å². The fraction of sp³-hybridized carbons (Fsp3) is 0.467. The van der Waals surface area contributed by atoms with Crippen molar-refractivity contribution in [3.8, 4) is 11.5 Å². The molecular weight excluding hydrogens is 478 g/mol. The molecule has 0 fully saturated rings. The van der Waals surface area contributed by atoms with Gasteiger partial charge in [-0.2, -0.15) is 26.3 Å². The summed E-state index contributed by atoms with van der Waals surface area (Å²) in [5.74, 6) is 1.18. The van der Waals surface area contributed by atoms with Crippen molar-refractivity contribution in [2.75, 3.05) is 0 Å². The molecule has 0 spiro atoms. The molecule has 8 nitrogen and oxygen atoms in total. The van der Waals surface area contributed by atoms with E-state index < -0.39 is 31.1 Å². The van der Waals surface area contributed by atoms with Crippen LogP contribution in [-0.4, -0.2) is 37.4 Å². The van der Waals surface area contributed by atoms with Gasteiger partial charge >= 0.3 is 16.8 Å². The molecule has 0 radical (unpaired) electrons. The third-order valence-electron chi connectivity index (χ3n) is 3.50. The first-order valence-corrected chi connectivity index (χ1v) is 11.2. The lowest BCUT2D eigenvalue weighted by Crippen LogP contribution is -2.30. The Labute approximate surface area is 174 Å². The first-order valence-electron chi connectivity index (χ1n) is 8.36. The highest BCUT2D eigenvalue weighted by Crippen LogP contribution is 2.36. The van der Waals surface area contributed by atoms with Crippen LogP contribution in [0.15, 0.2) is 36.8 Å². The van der Waals surface area contributed by atoms with Gasteiger partial charge in [0.15, 0.2) is 25.7 Å². The van der Waals surface area contributed by atoms with Gasteiger partial charge in [0.1, 0.15) is 12.4 Å². The average Bonchev–Trinajstić information content (AvgIpc) is 2.99. The molecule has 0 aliphatic carbocycles. The molecule has 0 bridgehead atoms. The summed E-state index contributed by atoms with van der Waals surface area (Å²) in [6.07, 6.45) is 8.46. The van der Waals surface area contributed by atoms with Crippen LogP contribution in [-0.2, 0) is 33.6 Å². The number of pyridine rings is 1. The quantitative estimate of drug-likeness (QED) is 0.451. The third-order valence-corrected chi connectivity index (χ3v) is 6.24. The van der Waals surface area contributed by atoms with Gasteiger partial charge in [-0.15, -0.1) is 0 Å². The summed E-state index contributed by atoms with van der Waals surface area (Å²) in [7, 11) is -11.4. The van der Waals surface area contributed by atoms with Crippen molar-refractivity contribution in [2.45, 2.75) is 37.3 Å². The van der Waals surface area contributed by atoms with Gasteiger partial charge in [-0.25, -0.2) is 31.0 Å². The lowest BCUT2D eigenvalue weighted by atomic mass is 10.3. The normalized spacial score (nSPS) is 12.9. The van der Waals surface area contributed by atoms with E-state index >= 15 is 0 Å². The fourth-order valence-corrected chi connectivity index (χ4v) is 3.78. The zero-order valence-corrected chi connectivity index (χ0v) is 17.7. The molecule has 0 atom stereocenters. The van der Waals surface area contributed by atoms with Crippen molar-refractivity contribution in [2.24, 2.45) is 7.05 Å². The maximum Gasteiger partial charge on any atom is 0.480 e. The summed E-state index contributed by atoms with van der Waals surface area (Å²) in [5.41, 5.74) is -11.4. The lowest BCUT2D eigenvalue weighted by molar-refractivity contribution is -0.659. The van der Waals surface area contributed by atoms with E-state index in [-0.39, 0.29) is 0 Å². The SMILES string of the molecule is CCCCn1cc[n+](C)c1-c1ccccn1.O=S(=O)([N-]S(=O)(=O)C(F)(F)F)C(F)(F)F. The summed E-state index contributed by atoms with van der Waals surface area (Å²) in [6, 6.07) is 6.03. The van der Waals surface area contributed by atoms with E-state index in [1.165, 1.54) is 18.7 Å². The third kappa shape index (κ3) is 7.17. The van der Waals surface area contributed by atoms with Gasteiger partial charge in [-0.3, -0.25) is 0 Å². The van der Waals surface area contributed by atoms with Crippen LogP contribution in [0.5, 0.6) is 0 Å². The van der Waals surface area contributed by atoms with Gasteiger partial charge in [-0.05, 0) is 18.6 Å². The molecule has 0 aliphatic heterocycles. The Morgan fingerprint density at radius 2 is 1.58 bits per heavy atom. The Bertz CT molecular complexity index is 1020. The first kappa shape index (κ1) is 26.8. The summed E-state index contributed by atoms with van der Waals surface area (Å²) >= 11 is 0. The van der Waals surface area contributed by atoms with Crippen molar-refractivity contribution in [1.82, 2.24) is 9.55 Å². The van der Waals surface area contributed by atoms with Gasteiger partial charge in [0.2, 0.25) is 0 Å². The lowest BCUT2D eigenvalue weighted by Gasteiger charge is -2.22. The van der Waals surface area contributed by atoms with Crippen LogP contribution in [0.2, 0.25) is 0 Å². The molecule has 2 aromatic heterocycles. The number of unbranched alkanes of at least 4 members (excludes halogenated alkanes) is 1. The minimum Gasteiger partial charge on any atom is -0.421 e. The molecule has 0 amide bonds. The van der Waals surface area contributed by atoms with Crippen LogP contribution in [0.3, 0.4) is 0 Å². The smallest absolute Gasteiger partial charge is 0.421 e. The number of hydrogen-bond acceptors (Lipinski definition) is 5. The van der Waals surface area contributed by atoms with E-state index in [1.807, 2.05) is 18.3 Å². The highest BCUT2D eigenvalue weighted by Gasteiger charge is 2.46. The van der Waals surface area contributed by atoms with Crippen LogP contribution in [0.1, 0.15) is 19.8 Å². The van der Waals surface area contributed by atoms with Gasteiger partial charge in [0, 0.05) is 6.20 Å². The van der Waals surface area contributed by atoms with Crippen LogP contribution in [0.4, 0.5) is 26.3 Å². The van der Waals surface area contributed by atoms with E-state index in [4.69, 9.17) is 0 Å². The monoisotopic (exact) mass is 496 g/mol. The van der Waals surface area contributed by atoms with Gasteiger partial charge in [0.05, 0.1) is 13.6 Å². The summed E-state index contributed by atoms with van der Waals surface area (Å²) in [4.78, 5) is 4.41. The number of hydrogen-bond donors (Lipinski definition) is 0. The second-order valence-corrected chi connectivity index (χ2v) is 9.33. The fourth-order valence-electron chi connectivity index (χ4n) is 2.07.